The monoisotopic (exact) mass is 187 g/mol. The number of nitrogens with two attached hydrogens (primary N) is 1. The van der Waals surface area contributed by atoms with Crippen LogP contribution < -0.4 is 11.1 Å². The summed E-state index contributed by atoms with van der Waals surface area (Å²) in [5.74, 6) is 0. The van der Waals surface area contributed by atoms with Crippen molar-refractivity contribution in [2.45, 2.75) is 0 Å². The quantitative estimate of drug-likeness (QED) is 0.691. The lowest BCUT2D eigenvalue weighted by Crippen LogP contribution is -2.19. The fraction of sp³-hybridized carbons (Fsp3) is 0. The highest BCUT2D eigenvalue weighted by molar-refractivity contribution is 5.87. The molecule has 4 nitrogen and oxygen atoms in total. The topological polar surface area (TPSA) is 78.9 Å². The van der Waals surface area contributed by atoms with Gasteiger partial charge in [-0.25, -0.2) is 4.79 Å². The Balaban J connectivity index is 2.74. The highest BCUT2D eigenvalue weighted by atomic mass is 16.2. The van der Waals surface area contributed by atoms with Crippen LogP contribution in [-0.2, 0) is 0 Å². The van der Waals surface area contributed by atoms with Crippen molar-refractivity contribution in [1.29, 1.82) is 5.26 Å². The van der Waals surface area contributed by atoms with E-state index in [1.807, 2.05) is 6.07 Å². The van der Waals surface area contributed by atoms with Gasteiger partial charge in [-0.05, 0) is 23.8 Å². The maximum atomic E-state index is 10.5. The lowest BCUT2D eigenvalue weighted by atomic mass is 10.2. The van der Waals surface area contributed by atoms with Gasteiger partial charge in [-0.2, -0.15) is 5.26 Å². The zero-order chi connectivity index (χ0) is 10.4. The Labute approximate surface area is 81.6 Å². The van der Waals surface area contributed by atoms with Crippen LogP contribution in [0.4, 0.5) is 10.5 Å². The number of hydrogen-bond acceptors (Lipinski definition) is 2. The number of nitrogens with zero attached hydrogens (tertiary/aromatic N) is 1. The first-order valence-electron chi connectivity index (χ1n) is 3.95. The average molecular weight is 187 g/mol. The average Bonchev–Trinajstić information content (AvgIpc) is 2.16. The molecule has 14 heavy (non-hydrogen) atoms. The van der Waals surface area contributed by atoms with Crippen LogP contribution >= 0.6 is 0 Å². The molecule has 3 N–H and O–H groups in total. The molecule has 2 amide bonds. The van der Waals surface area contributed by atoms with Gasteiger partial charge in [0.15, 0.2) is 0 Å². The van der Waals surface area contributed by atoms with E-state index in [4.69, 9.17) is 11.0 Å². The number of anilines is 1. The molecule has 0 saturated carbocycles. The number of nitriles is 1. The molecule has 0 unspecified atom stereocenters. The van der Waals surface area contributed by atoms with E-state index in [-0.39, 0.29) is 0 Å². The summed E-state index contributed by atoms with van der Waals surface area (Å²) in [6.07, 6.45) is 3.06. The summed E-state index contributed by atoms with van der Waals surface area (Å²) < 4.78 is 0. The number of carbonyl (C=O) groups is 1. The van der Waals surface area contributed by atoms with Crippen molar-refractivity contribution in [2.75, 3.05) is 5.32 Å². The van der Waals surface area contributed by atoms with Crippen molar-refractivity contribution in [1.82, 2.24) is 0 Å². The van der Waals surface area contributed by atoms with Gasteiger partial charge < -0.3 is 11.1 Å². The fourth-order valence-electron chi connectivity index (χ4n) is 0.953. The zero-order valence-electron chi connectivity index (χ0n) is 7.40. The first kappa shape index (κ1) is 9.81. The summed E-state index contributed by atoms with van der Waals surface area (Å²) >= 11 is 0. The van der Waals surface area contributed by atoms with E-state index < -0.39 is 6.03 Å². The Morgan fingerprint density at radius 1 is 1.43 bits per heavy atom. The van der Waals surface area contributed by atoms with Gasteiger partial charge >= 0.3 is 6.03 Å². The number of urea groups is 1. The summed E-state index contributed by atoms with van der Waals surface area (Å²) in [6.45, 7) is 0. The van der Waals surface area contributed by atoms with Gasteiger partial charge in [0, 0.05) is 11.8 Å². The van der Waals surface area contributed by atoms with Gasteiger partial charge in [-0.3, -0.25) is 0 Å². The molecule has 0 radical (unpaired) electrons. The minimum atomic E-state index is -0.592. The minimum Gasteiger partial charge on any atom is -0.351 e. The van der Waals surface area contributed by atoms with Crippen LogP contribution in [0.3, 0.4) is 0 Å². The van der Waals surface area contributed by atoms with Gasteiger partial charge in [0.2, 0.25) is 0 Å². The Bertz CT molecular complexity index is 387. The van der Waals surface area contributed by atoms with Crippen LogP contribution in [0.1, 0.15) is 5.56 Å². The summed E-state index contributed by atoms with van der Waals surface area (Å²) in [6, 6.07) is 8.27. The summed E-state index contributed by atoms with van der Waals surface area (Å²) in [5.41, 5.74) is 6.46. The molecule has 4 heteroatoms. The number of carbonyl (C=O) groups excluding carboxylic acids is 1. The maximum absolute atomic E-state index is 10.5. The molecule has 0 aliphatic heterocycles. The van der Waals surface area contributed by atoms with E-state index in [2.05, 4.69) is 5.32 Å². The third-order valence-electron chi connectivity index (χ3n) is 1.53. The normalized spacial score (nSPS) is 9.64. The molecule has 0 spiro atoms. The van der Waals surface area contributed by atoms with Crippen LogP contribution in [0.15, 0.2) is 30.3 Å². The van der Waals surface area contributed by atoms with E-state index in [0.717, 1.165) is 5.56 Å². The van der Waals surface area contributed by atoms with Gasteiger partial charge in [0.25, 0.3) is 0 Å². The fourth-order valence-corrected chi connectivity index (χ4v) is 0.953. The second kappa shape index (κ2) is 4.67. The largest absolute Gasteiger partial charge is 0.351 e. The van der Waals surface area contributed by atoms with Gasteiger partial charge in [0.1, 0.15) is 0 Å². The van der Waals surface area contributed by atoms with E-state index in [1.165, 1.54) is 6.08 Å². The number of rotatable bonds is 2. The SMILES string of the molecule is N#CC=Cc1ccc(NC(N)=O)cc1. The Kier molecular flexibility index (Phi) is 3.27. The minimum absolute atomic E-state index is 0.592. The Morgan fingerprint density at radius 2 is 2.07 bits per heavy atom. The Hall–Kier alpha value is -2.28. The van der Waals surface area contributed by atoms with Crippen LogP contribution in [0.25, 0.3) is 6.08 Å². The number of nitrogens with one attached hydrogen (secondary N) is 1. The number of benzene rings is 1. The van der Waals surface area contributed by atoms with Crippen molar-refractivity contribution in [3.8, 4) is 6.07 Å². The highest BCUT2D eigenvalue weighted by Crippen LogP contribution is 2.10. The van der Waals surface area contributed by atoms with Crippen molar-refractivity contribution in [3.63, 3.8) is 0 Å². The summed E-state index contributed by atoms with van der Waals surface area (Å²) in [4.78, 5) is 10.5. The predicted octanol–water partition coefficient (Wildman–Crippen LogP) is 1.71. The van der Waals surface area contributed by atoms with Gasteiger partial charge in [-0.15, -0.1) is 0 Å². The van der Waals surface area contributed by atoms with E-state index in [9.17, 15) is 4.79 Å². The molecule has 0 atom stereocenters. The third kappa shape index (κ3) is 2.99. The number of hydrogen-bond donors (Lipinski definition) is 2. The molecule has 0 heterocycles. The molecule has 0 aromatic heterocycles. The van der Waals surface area contributed by atoms with Crippen LogP contribution in [-0.4, -0.2) is 6.03 Å². The molecule has 1 rings (SSSR count). The Morgan fingerprint density at radius 3 is 2.57 bits per heavy atom. The van der Waals surface area contributed by atoms with Crippen molar-refractivity contribution >= 4 is 17.8 Å². The predicted molar refractivity (Wildman–Crippen MR) is 54.3 cm³/mol. The van der Waals surface area contributed by atoms with Crippen LogP contribution in [0.2, 0.25) is 0 Å². The second-order valence-electron chi connectivity index (χ2n) is 2.57. The molecule has 0 saturated heterocycles. The zero-order valence-corrected chi connectivity index (χ0v) is 7.40. The van der Waals surface area contributed by atoms with Crippen LogP contribution in [0, 0.1) is 11.3 Å². The van der Waals surface area contributed by atoms with E-state index >= 15 is 0 Å². The summed E-state index contributed by atoms with van der Waals surface area (Å²) in [5, 5.41) is 10.7. The number of amides is 2. The molecule has 0 fully saturated rings. The van der Waals surface area contributed by atoms with Crippen molar-refractivity contribution < 1.29 is 4.79 Å². The molecule has 0 aliphatic carbocycles. The molecular formula is C10H9N3O. The third-order valence-corrected chi connectivity index (χ3v) is 1.53. The van der Waals surface area contributed by atoms with Gasteiger partial charge in [0.05, 0.1) is 6.07 Å². The standard InChI is InChI=1S/C10H9N3O/c11-7-1-2-8-3-5-9(6-4-8)13-10(12)14/h1-6H,(H3,12,13,14). The molecule has 1 aromatic carbocycles. The summed E-state index contributed by atoms with van der Waals surface area (Å²) in [7, 11) is 0. The second-order valence-corrected chi connectivity index (χ2v) is 2.57. The molecule has 0 bridgehead atoms. The molecular weight excluding hydrogens is 178 g/mol. The molecule has 1 aromatic rings. The first-order chi connectivity index (χ1) is 6.72. The maximum Gasteiger partial charge on any atom is 0.316 e. The van der Waals surface area contributed by atoms with Gasteiger partial charge in [-0.1, -0.05) is 12.1 Å². The first-order valence-corrected chi connectivity index (χ1v) is 3.95. The van der Waals surface area contributed by atoms with E-state index in [1.54, 1.807) is 30.3 Å². The van der Waals surface area contributed by atoms with Crippen LogP contribution in [0.5, 0.6) is 0 Å². The van der Waals surface area contributed by atoms with Crippen molar-refractivity contribution in [2.24, 2.45) is 5.73 Å². The smallest absolute Gasteiger partial charge is 0.316 e. The number of allylic oxidation sites excluding steroid dienone is 1. The highest BCUT2D eigenvalue weighted by Gasteiger charge is 1.94. The lowest BCUT2D eigenvalue weighted by molar-refractivity contribution is 0.259. The lowest BCUT2D eigenvalue weighted by Gasteiger charge is -2.00. The molecule has 0 aliphatic rings. The van der Waals surface area contributed by atoms with E-state index in [0.29, 0.717) is 5.69 Å². The van der Waals surface area contributed by atoms with Crippen molar-refractivity contribution in [3.05, 3.63) is 35.9 Å². The number of primary amides is 1. The molecule has 70 valence electrons.